The van der Waals surface area contributed by atoms with E-state index < -0.39 is 18.2 Å². The van der Waals surface area contributed by atoms with E-state index in [1.165, 1.54) is 31.3 Å². The van der Waals surface area contributed by atoms with Crippen LogP contribution in [0.25, 0.3) is 11.1 Å². The van der Waals surface area contributed by atoms with E-state index in [4.69, 9.17) is 4.74 Å². The number of rotatable bonds is 6. The number of benzene rings is 3. The van der Waals surface area contributed by atoms with Crippen molar-refractivity contribution >= 4 is 17.6 Å². The van der Waals surface area contributed by atoms with Crippen molar-refractivity contribution in [2.45, 2.75) is 39.2 Å². The quantitative estimate of drug-likeness (QED) is 0.395. The van der Waals surface area contributed by atoms with Gasteiger partial charge in [0.1, 0.15) is 18.1 Å². The van der Waals surface area contributed by atoms with Gasteiger partial charge in [-0.1, -0.05) is 63.2 Å². The van der Waals surface area contributed by atoms with Gasteiger partial charge in [-0.15, -0.1) is 13.2 Å². The van der Waals surface area contributed by atoms with Gasteiger partial charge in [0.15, 0.2) is 0 Å². The zero-order chi connectivity index (χ0) is 26.7. The molecule has 0 spiro atoms. The molecule has 0 saturated carbocycles. The van der Waals surface area contributed by atoms with Gasteiger partial charge in [-0.2, -0.15) is 0 Å². The molecular weight excluding hydrogens is 498 g/mol. The molecule has 0 radical (unpaired) electrons. The van der Waals surface area contributed by atoms with Gasteiger partial charge < -0.3 is 20.9 Å². The molecule has 0 aliphatic carbocycles. The van der Waals surface area contributed by atoms with Crippen LogP contribution < -0.4 is 43.9 Å². The zero-order valence-electron chi connectivity index (χ0n) is 22.2. The van der Waals surface area contributed by atoms with Crippen LogP contribution >= 0.6 is 0 Å². The molecule has 3 aromatic carbocycles. The minimum absolute atomic E-state index is 0. The minimum Gasteiger partial charge on any atom is -1.00 e. The van der Waals surface area contributed by atoms with Crippen LogP contribution in [0, 0.1) is 0 Å². The number of aliphatic carboxylic acids is 1. The molecule has 0 aliphatic heterocycles. The van der Waals surface area contributed by atoms with Crippen LogP contribution in [0.2, 0.25) is 0 Å². The van der Waals surface area contributed by atoms with Crippen molar-refractivity contribution in [1.29, 1.82) is 0 Å². The summed E-state index contributed by atoms with van der Waals surface area (Å²) in [5.74, 6) is -2.91. The van der Waals surface area contributed by atoms with Crippen LogP contribution in [0.3, 0.4) is 0 Å². The zero-order valence-corrected chi connectivity index (χ0v) is 23.2. The molecule has 0 aromatic heterocycles. The number of anilines is 1. The maximum Gasteiger partial charge on any atom is 1.00 e. The van der Waals surface area contributed by atoms with Crippen molar-refractivity contribution in [3.63, 3.8) is 0 Å². The Hall–Kier alpha value is -3.01. The molecule has 1 amide bonds. The Labute approximate surface area is 236 Å². The summed E-state index contributed by atoms with van der Waals surface area (Å²) < 4.78 is 47.1. The topological polar surface area (TPSA) is 76.1 Å². The number of carbonyl (C=O) groups excluding carboxylic acids is 1. The summed E-state index contributed by atoms with van der Waals surface area (Å²) >= 11 is 0. The maximum atomic E-state index is 12.4. The summed E-state index contributed by atoms with van der Waals surface area (Å²) in [5.41, 5.74) is 3.31. The molecule has 0 bridgehead atoms. The molecule has 192 valence electrons. The molecule has 37 heavy (non-hydrogen) atoms. The third-order valence-corrected chi connectivity index (χ3v) is 5.44. The first-order valence-corrected chi connectivity index (χ1v) is 11.0. The minimum atomic E-state index is -4.80. The van der Waals surface area contributed by atoms with Gasteiger partial charge in [-0.25, -0.2) is 4.79 Å². The Balaban J connectivity index is 0.00000361. The van der Waals surface area contributed by atoms with E-state index >= 15 is 0 Å². The molecule has 6 nitrogen and oxygen atoms in total. The first kappa shape index (κ1) is 30.2. The number of carboxylic acid groups (broad SMARTS) is 1. The largest absolute Gasteiger partial charge is 1.00 e. The first-order chi connectivity index (χ1) is 16.7. The molecule has 3 aromatic rings. The second kappa shape index (κ2) is 12.0. The molecule has 0 fully saturated rings. The van der Waals surface area contributed by atoms with E-state index in [0.717, 1.165) is 16.0 Å². The summed E-state index contributed by atoms with van der Waals surface area (Å²) in [5, 5.41) is 9.18. The second-order valence-corrected chi connectivity index (χ2v) is 9.16. The third-order valence-electron chi connectivity index (χ3n) is 5.44. The van der Waals surface area contributed by atoms with Gasteiger partial charge in [-0.05, 0) is 51.9 Å². The van der Waals surface area contributed by atoms with Crippen molar-refractivity contribution in [3.05, 3.63) is 77.9 Å². The summed E-state index contributed by atoms with van der Waals surface area (Å²) in [7, 11) is 1.31. The Morgan fingerprint density at radius 3 is 2.00 bits per heavy atom. The van der Waals surface area contributed by atoms with E-state index in [1.54, 1.807) is 18.2 Å². The monoisotopic (exact) mass is 525 g/mol. The number of amides is 1. The molecule has 10 heteroatoms. The van der Waals surface area contributed by atoms with Crippen LogP contribution in [0.15, 0.2) is 66.7 Å². The Bertz CT molecular complexity index is 1240. The van der Waals surface area contributed by atoms with Crippen LogP contribution in [-0.4, -0.2) is 30.4 Å². The van der Waals surface area contributed by atoms with Crippen molar-refractivity contribution in [1.82, 2.24) is 0 Å². The van der Waals surface area contributed by atoms with Gasteiger partial charge in [-0.3, -0.25) is 4.79 Å². The summed E-state index contributed by atoms with van der Waals surface area (Å²) in [6.07, 6.45) is -4.80. The number of likely N-dealkylation sites (N-methyl/N-ethyl adjacent to an activating group) is 1. The summed E-state index contributed by atoms with van der Waals surface area (Å²) in [6.45, 7) is 6.50. The molecule has 0 heterocycles. The van der Waals surface area contributed by atoms with Gasteiger partial charge >= 0.3 is 47.8 Å². The van der Waals surface area contributed by atoms with Crippen LogP contribution in [0.5, 0.6) is 11.5 Å². The number of hydrogen-bond acceptors (Lipinski definition) is 4. The number of alkyl halides is 3. The van der Waals surface area contributed by atoms with Crippen molar-refractivity contribution < 1.29 is 68.3 Å². The molecule has 0 aliphatic rings. The molecule has 3 rings (SSSR count). The van der Waals surface area contributed by atoms with Crippen molar-refractivity contribution in [2.24, 2.45) is 0 Å². The number of nitrogens with zero attached hydrogens (tertiary/aromatic N) is 1. The van der Waals surface area contributed by atoms with Crippen LogP contribution in [-0.2, 0) is 21.6 Å². The SMILES string of the molecule is CN(C(=O)C(=O)O)c1cc(-c2ccc(OC(F)(F)F)cc2)ccc1OCc1ccc(C(C)(C)C)cc1.[H-].[Na+]. The number of carbonyl (C=O) groups is 2. The Morgan fingerprint density at radius 1 is 0.919 bits per heavy atom. The van der Waals surface area contributed by atoms with Crippen molar-refractivity contribution in [3.8, 4) is 22.6 Å². The number of hydrogen-bond donors (Lipinski definition) is 1. The Kier molecular flexibility index (Phi) is 9.82. The molecule has 1 N–H and O–H groups in total. The van der Waals surface area contributed by atoms with E-state index in [2.05, 4.69) is 25.5 Å². The molecule has 0 unspecified atom stereocenters. The predicted octanol–water partition coefficient (Wildman–Crippen LogP) is 3.29. The van der Waals surface area contributed by atoms with E-state index in [0.29, 0.717) is 11.1 Å². The summed E-state index contributed by atoms with van der Waals surface area (Å²) in [4.78, 5) is 24.4. The normalized spacial score (nSPS) is 11.3. The third kappa shape index (κ3) is 8.24. The predicted molar refractivity (Wildman–Crippen MR) is 130 cm³/mol. The molecular formula is C27H27F3NNaO5. The van der Waals surface area contributed by atoms with Gasteiger partial charge in [0.2, 0.25) is 0 Å². The standard InChI is InChI=1S/C27H26F3NO5.Na.H/c1-26(2,3)20-10-5-17(6-11-20)16-35-23-14-9-19(15-22(23)31(4)24(32)25(33)34)18-7-12-21(13-8-18)36-27(28,29)30;;/h5-15H,16H2,1-4H3,(H,33,34);;/q;+1;-1. The fraction of sp³-hybridized carbons (Fsp3) is 0.259. The van der Waals surface area contributed by atoms with Gasteiger partial charge in [0, 0.05) is 7.05 Å². The molecule has 0 atom stereocenters. The second-order valence-electron chi connectivity index (χ2n) is 9.16. The Morgan fingerprint density at radius 2 is 1.49 bits per heavy atom. The van der Waals surface area contributed by atoms with E-state index in [1.807, 2.05) is 24.3 Å². The summed E-state index contributed by atoms with van der Waals surface area (Å²) in [6, 6.07) is 17.9. The van der Waals surface area contributed by atoms with Crippen LogP contribution in [0.1, 0.15) is 33.3 Å². The maximum absolute atomic E-state index is 12.4. The van der Waals surface area contributed by atoms with Crippen LogP contribution in [0.4, 0.5) is 18.9 Å². The smallest absolute Gasteiger partial charge is 1.00 e. The molecule has 0 saturated heterocycles. The number of halogens is 3. The van der Waals surface area contributed by atoms with Gasteiger partial charge in [0.25, 0.3) is 0 Å². The van der Waals surface area contributed by atoms with E-state index in [9.17, 15) is 27.9 Å². The fourth-order valence-corrected chi connectivity index (χ4v) is 3.45. The number of ether oxygens (including phenoxy) is 2. The van der Waals surface area contributed by atoms with E-state index in [-0.39, 0.29) is 60.2 Å². The average molecular weight is 525 g/mol. The fourth-order valence-electron chi connectivity index (χ4n) is 3.45. The number of carboxylic acids is 1. The average Bonchev–Trinajstić information content (AvgIpc) is 2.81. The van der Waals surface area contributed by atoms with Crippen molar-refractivity contribution in [2.75, 3.05) is 11.9 Å². The van der Waals surface area contributed by atoms with Gasteiger partial charge in [0.05, 0.1) is 5.69 Å². The first-order valence-electron chi connectivity index (χ1n) is 11.0.